The zero-order valence-corrected chi connectivity index (χ0v) is 16.5. The largest absolute Gasteiger partial charge is 0.500 e. The molecule has 1 atom stereocenters. The Balaban J connectivity index is 1.97. The molecule has 3 N–H and O–H groups in total. The van der Waals surface area contributed by atoms with Crippen LogP contribution in [0.5, 0.6) is 11.5 Å². The number of nitro benzene ring substituents is 1. The van der Waals surface area contributed by atoms with Crippen LogP contribution < -0.4 is 15.4 Å². The van der Waals surface area contributed by atoms with Crippen molar-refractivity contribution in [2.75, 3.05) is 6.61 Å². The van der Waals surface area contributed by atoms with Gasteiger partial charge in [-0.2, -0.15) is 0 Å². The molecule has 0 saturated carbocycles. The number of amides is 2. The van der Waals surface area contributed by atoms with Gasteiger partial charge in [-0.05, 0) is 30.2 Å². The van der Waals surface area contributed by atoms with E-state index in [4.69, 9.17) is 9.15 Å². The van der Waals surface area contributed by atoms with Crippen molar-refractivity contribution in [2.24, 2.45) is 0 Å². The van der Waals surface area contributed by atoms with Crippen molar-refractivity contribution in [3.63, 3.8) is 0 Å². The number of rotatable bonds is 6. The second-order valence-corrected chi connectivity index (χ2v) is 6.78. The minimum absolute atomic E-state index is 0.0308. The summed E-state index contributed by atoms with van der Waals surface area (Å²) >= 11 is 0. The van der Waals surface area contributed by atoms with Crippen molar-refractivity contribution in [3.8, 4) is 11.5 Å². The Hall–Kier alpha value is -4.27. The quantitative estimate of drug-likeness (QED) is 0.404. The molecule has 0 aliphatic carbocycles. The molecule has 0 fully saturated rings. The summed E-state index contributed by atoms with van der Waals surface area (Å²) in [5.41, 5.74) is 2.53. The van der Waals surface area contributed by atoms with Gasteiger partial charge < -0.3 is 24.9 Å². The Labute approximate surface area is 177 Å². The Morgan fingerprint density at radius 3 is 2.61 bits per heavy atom. The highest BCUT2D eigenvalue weighted by molar-refractivity contribution is 6.03. The molecule has 0 bridgehead atoms. The van der Waals surface area contributed by atoms with Crippen molar-refractivity contribution in [1.29, 1.82) is 0 Å². The Morgan fingerprint density at radius 2 is 1.97 bits per heavy atom. The molecule has 2 aromatic carbocycles. The standard InChI is InChI=1S/C22H19N3O6/c1-2-31-17-11-15(10-16(21(17)26)25(28)29)20-18(13-6-4-3-5-7-13)19(23-22(27)24-20)14-8-9-30-12-14/h3-12,20,26H,2H2,1H3,(H2,23,24,27). The maximum absolute atomic E-state index is 12.5. The highest BCUT2D eigenvalue weighted by atomic mass is 16.6. The number of furan rings is 1. The molecular weight excluding hydrogens is 402 g/mol. The molecule has 1 unspecified atom stereocenters. The average molecular weight is 421 g/mol. The van der Waals surface area contributed by atoms with Crippen LogP contribution in [0, 0.1) is 10.1 Å². The topological polar surface area (TPSA) is 127 Å². The van der Waals surface area contributed by atoms with Gasteiger partial charge in [-0.3, -0.25) is 10.1 Å². The predicted octanol–water partition coefficient (Wildman–Crippen LogP) is 4.21. The lowest BCUT2D eigenvalue weighted by atomic mass is 9.88. The molecule has 2 heterocycles. The third-order valence-electron chi connectivity index (χ3n) is 4.87. The summed E-state index contributed by atoms with van der Waals surface area (Å²) in [5, 5.41) is 27.4. The average Bonchev–Trinajstić information content (AvgIpc) is 3.30. The molecule has 2 amide bonds. The summed E-state index contributed by atoms with van der Waals surface area (Å²) in [6.07, 6.45) is 3.00. The molecule has 1 aliphatic rings. The second-order valence-electron chi connectivity index (χ2n) is 6.78. The van der Waals surface area contributed by atoms with Gasteiger partial charge in [0.25, 0.3) is 0 Å². The zero-order valence-electron chi connectivity index (χ0n) is 16.5. The number of hydrogen-bond acceptors (Lipinski definition) is 6. The van der Waals surface area contributed by atoms with Gasteiger partial charge in [0.15, 0.2) is 5.75 Å². The molecule has 0 saturated heterocycles. The molecule has 0 radical (unpaired) electrons. The number of nitrogens with one attached hydrogen (secondary N) is 2. The van der Waals surface area contributed by atoms with Gasteiger partial charge in [-0.1, -0.05) is 30.3 Å². The fourth-order valence-corrected chi connectivity index (χ4v) is 3.56. The van der Waals surface area contributed by atoms with E-state index in [9.17, 15) is 20.0 Å². The van der Waals surface area contributed by atoms with Gasteiger partial charge in [0, 0.05) is 17.2 Å². The summed E-state index contributed by atoms with van der Waals surface area (Å²) in [4.78, 5) is 23.4. The first-order valence-electron chi connectivity index (χ1n) is 9.53. The van der Waals surface area contributed by atoms with Crippen LogP contribution in [-0.2, 0) is 0 Å². The van der Waals surface area contributed by atoms with E-state index in [-0.39, 0.29) is 12.4 Å². The van der Waals surface area contributed by atoms with Gasteiger partial charge in [0.05, 0.1) is 35.8 Å². The van der Waals surface area contributed by atoms with Crippen molar-refractivity contribution in [1.82, 2.24) is 10.6 Å². The van der Waals surface area contributed by atoms with Crippen LogP contribution in [0.3, 0.4) is 0 Å². The number of carbonyl (C=O) groups excluding carboxylic acids is 1. The van der Waals surface area contributed by atoms with Crippen LogP contribution >= 0.6 is 0 Å². The highest BCUT2D eigenvalue weighted by Crippen LogP contribution is 2.43. The Morgan fingerprint density at radius 1 is 1.19 bits per heavy atom. The number of carbonyl (C=O) groups is 1. The Kier molecular flexibility index (Phi) is 5.31. The third-order valence-corrected chi connectivity index (χ3v) is 4.87. The van der Waals surface area contributed by atoms with Crippen LogP contribution in [0.4, 0.5) is 10.5 Å². The predicted molar refractivity (Wildman–Crippen MR) is 112 cm³/mol. The van der Waals surface area contributed by atoms with E-state index < -0.39 is 28.4 Å². The first kappa shape index (κ1) is 20.0. The minimum atomic E-state index is -0.750. The number of aromatic hydroxyl groups is 1. The number of hydrogen-bond donors (Lipinski definition) is 3. The lowest BCUT2D eigenvalue weighted by Gasteiger charge is -2.31. The molecule has 1 aromatic heterocycles. The summed E-state index contributed by atoms with van der Waals surface area (Å²) in [5.74, 6) is -0.590. The fourth-order valence-electron chi connectivity index (χ4n) is 3.56. The van der Waals surface area contributed by atoms with E-state index in [2.05, 4.69) is 10.6 Å². The van der Waals surface area contributed by atoms with Gasteiger partial charge >= 0.3 is 11.7 Å². The van der Waals surface area contributed by atoms with Crippen molar-refractivity contribution >= 4 is 23.0 Å². The number of nitrogens with zero attached hydrogens (tertiary/aromatic N) is 1. The fraction of sp³-hybridized carbons (Fsp3) is 0.136. The van der Waals surface area contributed by atoms with E-state index >= 15 is 0 Å². The summed E-state index contributed by atoms with van der Waals surface area (Å²) in [6.45, 7) is 1.91. The van der Waals surface area contributed by atoms with E-state index in [1.807, 2.05) is 30.3 Å². The maximum Gasteiger partial charge on any atom is 0.320 e. The summed E-state index contributed by atoms with van der Waals surface area (Å²) in [6, 6.07) is 12.5. The van der Waals surface area contributed by atoms with Gasteiger partial charge in [-0.15, -0.1) is 0 Å². The normalized spacial score (nSPS) is 15.9. The lowest BCUT2D eigenvalue weighted by Crippen LogP contribution is -2.42. The monoisotopic (exact) mass is 421 g/mol. The first-order valence-corrected chi connectivity index (χ1v) is 9.53. The maximum atomic E-state index is 12.5. The third kappa shape index (κ3) is 3.80. The van der Waals surface area contributed by atoms with E-state index in [0.717, 1.165) is 5.56 Å². The lowest BCUT2D eigenvalue weighted by molar-refractivity contribution is -0.386. The zero-order chi connectivity index (χ0) is 22.0. The molecule has 9 nitrogen and oxygen atoms in total. The number of benzene rings is 2. The number of phenolic OH excluding ortho intramolecular Hbond substituents is 1. The number of phenols is 1. The molecule has 3 aromatic rings. The minimum Gasteiger partial charge on any atom is -0.500 e. The van der Waals surface area contributed by atoms with E-state index in [0.29, 0.717) is 22.4 Å². The highest BCUT2D eigenvalue weighted by Gasteiger charge is 2.33. The molecule has 4 rings (SSSR count). The summed E-state index contributed by atoms with van der Waals surface area (Å²) < 4.78 is 10.6. The molecule has 158 valence electrons. The molecule has 1 aliphatic heterocycles. The van der Waals surface area contributed by atoms with Gasteiger partial charge in [0.1, 0.15) is 0 Å². The molecule has 9 heteroatoms. The van der Waals surface area contributed by atoms with Crippen LogP contribution in [0.1, 0.15) is 29.7 Å². The van der Waals surface area contributed by atoms with E-state index in [1.54, 1.807) is 13.0 Å². The van der Waals surface area contributed by atoms with Gasteiger partial charge in [-0.25, -0.2) is 4.79 Å². The number of ether oxygens (including phenoxy) is 1. The van der Waals surface area contributed by atoms with Crippen molar-refractivity contribution in [3.05, 3.63) is 87.9 Å². The van der Waals surface area contributed by atoms with Crippen LogP contribution in [0.2, 0.25) is 0 Å². The molecule has 31 heavy (non-hydrogen) atoms. The van der Waals surface area contributed by atoms with Crippen LogP contribution in [0.15, 0.2) is 65.5 Å². The van der Waals surface area contributed by atoms with Crippen molar-refractivity contribution in [2.45, 2.75) is 13.0 Å². The van der Waals surface area contributed by atoms with Crippen molar-refractivity contribution < 1.29 is 24.0 Å². The SMILES string of the molecule is CCOc1cc(C2NC(=O)NC(c3ccoc3)=C2c2ccccc2)cc([N+](=O)[O-])c1O. The van der Waals surface area contributed by atoms with Crippen LogP contribution in [0.25, 0.3) is 11.3 Å². The second kappa shape index (κ2) is 8.23. The van der Waals surface area contributed by atoms with E-state index in [1.165, 1.54) is 24.7 Å². The number of nitro groups is 1. The number of urea groups is 1. The molecule has 0 spiro atoms. The smallest absolute Gasteiger partial charge is 0.320 e. The van der Waals surface area contributed by atoms with Crippen LogP contribution in [-0.4, -0.2) is 22.7 Å². The summed E-state index contributed by atoms with van der Waals surface area (Å²) in [7, 11) is 0. The Bertz CT molecular complexity index is 1160. The first-order chi connectivity index (χ1) is 15.0. The van der Waals surface area contributed by atoms with Gasteiger partial charge in [0.2, 0.25) is 5.75 Å². The molecular formula is C22H19N3O6.